The number of ketones is 1. The molecule has 180 valence electrons. The zero-order valence-corrected chi connectivity index (χ0v) is 22.0. The van der Waals surface area contributed by atoms with Gasteiger partial charge in [0.1, 0.15) is 5.60 Å². The molecule has 4 bridgehead atoms. The van der Waals surface area contributed by atoms with Gasteiger partial charge in [0.15, 0.2) is 5.78 Å². The number of carbonyl (C=O) groups excluding carboxylic acids is 2. The lowest BCUT2D eigenvalue weighted by molar-refractivity contribution is -0.182. The van der Waals surface area contributed by atoms with Gasteiger partial charge in [-0.1, -0.05) is 41.9 Å². The van der Waals surface area contributed by atoms with E-state index in [4.69, 9.17) is 4.74 Å². The van der Waals surface area contributed by atoms with E-state index in [0.29, 0.717) is 29.7 Å². The van der Waals surface area contributed by atoms with E-state index in [-0.39, 0.29) is 22.8 Å². The standard InChI is InChI=1S/C29H34BrNO3/c1-16-24(27(33)34-29-11-17-7-18(12-29)9-19(8-17)13-29)25(20-5-4-6-21(30)10-20)26-22(31-16)14-28(2,3)15-23(26)32/h4-6,10,17-19,25,31H,7-9,11-15H2,1-3H3. The summed E-state index contributed by atoms with van der Waals surface area (Å²) >= 11 is 3.60. The van der Waals surface area contributed by atoms with E-state index in [1.165, 1.54) is 19.3 Å². The lowest BCUT2D eigenvalue weighted by atomic mass is 9.54. The Morgan fingerprint density at radius 2 is 1.71 bits per heavy atom. The Morgan fingerprint density at radius 3 is 2.32 bits per heavy atom. The number of nitrogens with one attached hydrogen (secondary N) is 1. The van der Waals surface area contributed by atoms with Crippen LogP contribution in [0.2, 0.25) is 0 Å². The summed E-state index contributed by atoms with van der Waals surface area (Å²) in [6.45, 7) is 6.25. The van der Waals surface area contributed by atoms with Gasteiger partial charge in [0.25, 0.3) is 0 Å². The molecule has 0 aromatic heterocycles. The van der Waals surface area contributed by atoms with Gasteiger partial charge in [0.2, 0.25) is 0 Å². The Balaban J connectivity index is 1.39. The number of allylic oxidation sites excluding steroid dienone is 3. The van der Waals surface area contributed by atoms with Crippen molar-refractivity contribution in [3.8, 4) is 0 Å². The molecule has 0 amide bonds. The van der Waals surface area contributed by atoms with Crippen molar-refractivity contribution in [1.82, 2.24) is 5.32 Å². The summed E-state index contributed by atoms with van der Waals surface area (Å²) < 4.78 is 7.46. The van der Waals surface area contributed by atoms with Crippen LogP contribution in [0.1, 0.15) is 83.6 Å². The fraction of sp³-hybridized carbons (Fsp3) is 0.586. The molecule has 6 aliphatic rings. The molecule has 0 spiro atoms. The summed E-state index contributed by atoms with van der Waals surface area (Å²) in [6, 6.07) is 8.04. The van der Waals surface area contributed by atoms with Crippen LogP contribution in [-0.2, 0) is 14.3 Å². The maximum Gasteiger partial charge on any atom is 0.337 e. The second-order valence-corrected chi connectivity index (χ2v) is 13.4. The highest BCUT2D eigenvalue weighted by atomic mass is 79.9. The lowest BCUT2D eigenvalue weighted by Crippen LogP contribution is -2.53. The molecule has 0 radical (unpaired) electrons. The van der Waals surface area contributed by atoms with Gasteiger partial charge in [0, 0.05) is 33.8 Å². The van der Waals surface area contributed by atoms with Gasteiger partial charge in [-0.05, 0) is 92.7 Å². The van der Waals surface area contributed by atoms with Crippen LogP contribution >= 0.6 is 15.9 Å². The number of esters is 1. The Bertz CT molecular complexity index is 1110. The Kier molecular flexibility index (Phi) is 5.19. The van der Waals surface area contributed by atoms with Crippen LogP contribution in [0.25, 0.3) is 0 Å². The van der Waals surface area contributed by atoms with Crippen molar-refractivity contribution in [2.45, 2.75) is 83.7 Å². The minimum absolute atomic E-state index is 0.0950. The first-order valence-electron chi connectivity index (χ1n) is 12.8. The van der Waals surface area contributed by atoms with Gasteiger partial charge in [-0.2, -0.15) is 0 Å². The SMILES string of the molecule is CC1=C(C(=O)OC23CC4CC(CC(C4)C2)C3)C(c2cccc(Br)c2)C2=C(CC(C)(C)CC2=O)N1. The molecular weight excluding hydrogens is 490 g/mol. The van der Waals surface area contributed by atoms with Crippen molar-refractivity contribution in [3.05, 3.63) is 56.8 Å². The fourth-order valence-electron chi connectivity index (χ4n) is 8.13. The molecule has 4 saturated carbocycles. The van der Waals surface area contributed by atoms with Crippen LogP contribution in [0.5, 0.6) is 0 Å². The average Bonchev–Trinajstić information content (AvgIpc) is 2.70. The third-order valence-electron chi connectivity index (χ3n) is 8.93. The molecule has 5 heteroatoms. The highest BCUT2D eigenvalue weighted by Crippen LogP contribution is 2.57. The number of ether oxygens (including phenoxy) is 1. The quantitative estimate of drug-likeness (QED) is 0.455. The number of hydrogen-bond acceptors (Lipinski definition) is 4. The summed E-state index contributed by atoms with van der Waals surface area (Å²) in [4.78, 5) is 27.5. The highest BCUT2D eigenvalue weighted by Gasteiger charge is 2.54. The molecule has 5 aliphatic carbocycles. The van der Waals surface area contributed by atoms with Crippen molar-refractivity contribution >= 4 is 27.7 Å². The number of Topliss-reactive ketones (excluding diaryl/α,β-unsaturated/α-hetero) is 1. The maximum absolute atomic E-state index is 14.0. The van der Waals surface area contributed by atoms with Gasteiger partial charge in [-0.3, -0.25) is 4.79 Å². The third kappa shape index (κ3) is 3.79. The minimum atomic E-state index is -0.390. The molecule has 1 N–H and O–H groups in total. The summed E-state index contributed by atoms with van der Waals surface area (Å²) in [5, 5.41) is 3.48. The molecule has 34 heavy (non-hydrogen) atoms. The van der Waals surface area contributed by atoms with Crippen LogP contribution in [0.4, 0.5) is 0 Å². The van der Waals surface area contributed by atoms with Gasteiger partial charge >= 0.3 is 5.97 Å². The lowest BCUT2D eigenvalue weighted by Gasteiger charge is -2.55. The van der Waals surface area contributed by atoms with Crippen LogP contribution in [0.15, 0.2) is 51.3 Å². The predicted molar refractivity (Wildman–Crippen MR) is 135 cm³/mol. The summed E-state index contributed by atoms with van der Waals surface area (Å²) in [5.74, 6) is 1.62. The first-order chi connectivity index (χ1) is 16.1. The molecule has 4 fully saturated rings. The normalized spacial score (nSPS) is 35.8. The van der Waals surface area contributed by atoms with Gasteiger partial charge in [0.05, 0.1) is 5.57 Å². The van der Waals surface area contributed by atoms with Gasteiger partial charge in [-0.25, -0.2) is 4.79 Å². The van der Waals surface area contributed by atoms with E-state index in [1.54, 1.807) is 0 Å². The monoisotopic (exact) mass is 523 g/mol. The predicted octanol–water partition coefficient (Wildman–Crippen LogP) is 6.57. The number of rotatable bonds is 3. The largest absolute Gasteiger partial charge is 0.456 e. The van der Waals surface area contributed by atoms with E-state index in [0.717, 1.165) is 52.7 Å². The van der Waals surface area contributed by atoms with E-state index in [1.807, 2.05) is 31.2 Å². The van der Waals surface area contributed by atoms with Crippen molar-refractivity contribution in [2.24, 2.45) is 23.2 Å². The van der Waals surface area contributed by atoms with E-state index < -0.39 is 5.92 Å². The zero-order valence-electron chi connectivity index (χ0n) is 20.4. The second-order valence-electron chi connectivity index (χ2n) is 12.5. The average molecular weight is 524 g/mol. The number of benzene rings is 1. The molecule has 1 aromatic carbocycles. The molecule has 4 nitrogen and oxygen atoms in total. The number of dihydropyridines is 1. The summed E-state index contributed by atoms with van der Waals surface area (Å²) in [6.07, 6.45) is 8.23. The van der Waals surface area contributed by atoms with Gasteiger partial charge in [-0.15, -0.1) is 0 Å². The smallest absolute Gasteiger partial charge is 0.337 e. The maximum atomic E-state index is 14.0. The molecule has 1 aromatic rings. The Labute approximate surface area is 210 Å². The highest BCUT2D eigenvalue weighted by molar-refractivity contribution is 9.10. The molecule has 7 rings (SSSR count). The minimum Gasteiger partial charge on any atom is -0.456 e. The van der Waals surface area contributed by atoms with Gasteiger partial charge < -0.3 is 10.1 Å². The van der Waals surface area contributed by atoms with Crippen LogP contribution < -0.4 is 5.32 Å². The summed E-state index contributed by atoms with van der Waals surface area (Å²) in [5.41, 5.74) is 3.71. The second kappa shape index (κ2) is 7.81. The third-order valence-corrected chi connectivity index (χ3v) is 9.43. The van der Waals surface area contributed by atoms with E-state index in [2.05, 4.69) is 35.1 Å². The zero-order chi connectivity index (χ0) is 23.8. The van der Waals surface area contributed by atoms with Crippen molar-refractivity contribution in [1.29, 1.82) is 0 Å². The van der Waals surface area contributed by atoms with E-state index >= 15 is 0 Å². The summed E-state index contributed by atoms with van der Waals surface area (Å²) in [7, 11) is 0. The number of carbonyl (C=O) groups is 2. The molecule has 1 atom stereocenters. The molecule has 1 heterocycles. The van der Waals surface area contributed by atoms with Crippen LogP contribution in [-0.4, -0.2) is 17.4 Å². The Hall–Kier alpha value is -1.88. The van der Waals surface area contributed by atoms with Crippen molar-refractivity contribution in [3.63, 3.8) is 0 Å². The first kappa shape index (κ1) is 22.6. The van der Waals surface area contributed by atoms with Crippen molar-refractivity contribution in [2.75, 3.05) is 0 Å². The van der Waals surface area contributed by atoms with Crippen LogP contribution in [0.3, 0.4) is 0 Å². The molecule has 1 unspecified atom stereocenters. The van der Waals surface area contributed by atoms with E-state index in [9.17, 15) is 9.59 Å². The molecule has 0 saturated heterocycles. The van der Waals surface area contributed by atoms with Crippen molar-refractivity contribution < 1.29 is 14.3 Å². The first-order valence-corrected chi connectivity index (χ1v) is 13.6. The Morgan fingerprint density at radius 1 is 1.06 bits per heavy atom. The fourth-order valence-corrected chi connectivity index (χ4v) is 8.55. The number of hydrogen-bond donors (Lipinski definition) is 1. The molecule has 1 aliphatic heterocycles. The molecular formula is C29H34BrNO3. The van der Waals surface area contributed by atoms with Crippen LogP contribution in [0, 0.1) is 23.2 Å². The topological polar surface area (TPSA) is 55.4 Å². The number of halogens is 1.